The van der Waals surface area contributed by atoms with Crippen LogP contribution in [0.5, 0.6) is 5.75 Å². The zero-order valence-electron chi connectivity index (χ0n) is 12.2. The Balaban J connectivity index is 1.78. The Morgan fingerprint density at radius 2 is 2.27 bits per heavy atom. The van der Waals surface area contributed by atoms with Crippen molar-refractivity contribution >= 4 is 22.4 Å². The Kier molecular flexibility index (Phi) is 3.18. The number of benzene rings is 1. The molecule has 0 bridgehead atoms. The van der Waals surface area contributed by atoms with Crippen LogP contribution in [-0.4, -0.2) is 21.6 Å². The maximum absolute atomic E-state index is 12.2. The maximum atomic E-state index is 12.2. The average Bonchev–Trinajstić information content (AvgIpc) is 3.29. The third-order valence-corrected chi connectivity index (χ3v) is 4.76. The highest BCUT2D eigenvalue weighted by Gasteiger charge is 2.26. The number of hydrogen-bond acceptors (Lipinski definition) is 5. The van der Waals surface area contributed by atoms with Gasteiger partial charge in [0, 0.05) is 17.4 Å². The average molecular weight is 313 g/mol. The molecule has 5 nitrogen and oxygen atoms in total. The van der Waals surface area contributed by atoms with Crippen LogP contribution in [-0.2, 0) is 6.54 Å². The zero-order chi connectivity index (χ0) is 15.1. The molecule has 0 radical (unpaired) electrons. The molecule has 0 atom stereocenters. The number of ether oxygens (including phenoxy) is 1. The van der Waals surface area contributed by atoms with E-state index in [1.807, 2.05) is 18.2 Å². The monoisotopic (exact) mass is 313 g/mol. The molecule has 2 heterocycles. The van der Waals surface area contributed by atoms with E-state index in [1.165, 1.54) is 24.7 Å². The van der Waals surface area contributed by atoms with Gasteiger partial charge in [-0.15, -0.1) is 11.3 Å². The molecule has 2 aromatic heterocycles. The summed E-state index contributed by atoms with van der Waals surface area (Å²) in [6.45, 7) is 0.475. The molecule has 1 aliphatic carbocycles. The van der Waals surface area contributed by atoms with Crippen LogP contribution in [0, 0.1) is 0 Å². The molecule has 1 aliphatic rings. The van der Waals surface area contributed by atoms with Gasteiger partial charge in [0.2, 0.25) is 0 Å². The summed E-state index contributed by atoms with van der Waals surface area (Å²) in [6, 6.07) is 5.56. The highest BCUT2D eigenvalue weighted by molar-refractivity contribution is 7.09. The summed E-state index contributed by atoms with van der Waals surface area (Å²) in [5.41, 5.74) is 2.60. The van der Waals surface area contributed by atoms with Gasteiger partial charge in [0.05, 0.1) is 36.6 Å². The van der Waals surface area contributed by atoms with Crippen molar-refractivity contribution in [2.45, 2.75) is 25.3 Å². The summed E-state index contributed by atoms with van der Waals surface area (Å²) in [6.07, 6.45) is 3.83. The summed E-state index contributed by atoms with van der Waals surface area (Å²) < 4.78 is 6.96. The third-order valence-electron chi connectivity index (χ3n) is 3.91. The Hall–Kier alpha value is -2.21. The third kappa shape index (κ3) is 2.39. The van der Waals surface area contributed by atoms with Gasteiger partial charge in [0.25, 0.3) is 5.56 Å². The Bertz CT molecular complexity index is 896. The van der Waals surface area contributed by atoms with Crippen molar-refractivity contribution < 1.29 is 4.74 Å². The van der Waals surface area contributed by atoms with Crippen LogP contribution in [0.25, 0.3) is 11.0 Å². The van der Waals surface area contributed by atoms with Crippen LogP contribution < -0.4 is 10.3 Å². The fourth-order valence-corrected chi connectivity index (χ4v) is 3.40. The van der Waals surface area contributed by atoms with Crippen molar-refractivity contribution in [1.29, 1.82) is 0 Å². The first-order chi connectivity index (χ1) is 10.7. The number of thiazole rings is 1. The zero-order valence-corrected chi connectivity index (χ0v) is 13.0. The second kappa shape index (κ2) is 5.21. The van der Waals surface area contributed by atoms with Crippen LogP contribution in [0.3, 0.4) is 0 Å². The van der Waals surface area contributed by atoms with E-state index in [4.69, 9.17) is 4.74 Å². The molecule has 6 heteroatoms. The van der Waals surface area contributed by atoms with Crippen LogP contribution in [0.1, 0.15) is 29.5 Å². The molecule has 22 heavy (non-hydrogen) atoms. The Morgan fingerprint density at radius 1 is 1.41 bits per heavy atom. The Morgan fingerprint density at radius 3 is 3.05 bits per heavy atom. The van der Waals surface area contributed by atoms with E-state index in [2.05, 4.69) is 15.3 Å². The fraction of sp³-hybridized carbons (Fsp3) is 0.312. The van der Waals surface area contributed by atoms with Gasteiger partial charge in [-0.25, -0.2) is 9.97 Å². The first-order valence-corrected chi connectivity index (χ1v) is 8.10. The lowest BCUT2D eigenvalue weighted by molar-refractivity contribution is 0.415. The van der Waals surface area contributed by atoms with Crippen molar-refractivity contribution in [3.8, 4) is 5.75 Å². The number of rotatable bonds is 4. The van der Waals surface area contributed by atoms with E-state index >= 15 is 0 Å². The lowest BCUT2D eigenvalue weighted by Crippen LogP contribution is -2.21. The van der Waals surface area contributed by atoms with Crippen molar-refractivity contribution in [1.82, 2.24) is 14.5 Å². The standard InChI is InChI=1S/C16H15N3O2S/c1-21-11-4-5-12-14(6-11)19(16(20)7-17-12)8-15-18-13(9-22-15)10-2-3-10/h4-7,9-10H,2-3,8H2,1H3. The van der Waals surface area contributed by atoms with E-state index in [1.54, 1.807) is 23.0 Å². The van der Waals surface area contributed by atoms with Crippen molar-refractivity contribution in [3.05, 3.63) is 50.8 Å². The molecule has 1 saturated carbocycles. The minimum Gasteiger partial charge on any atom is -0.497 e. The van der Waals surface area contributed by atoms with Gasteiger partial charge in [0.15, 0.2) is 0 Å². The predicted octanol–water partition coefficient (Wildman–Crippen LogP) is 2.79. The summed E-state index contributed by atoms with van der Waals surface area (Å²) in [5.74, 6) is 1.35. The number of nitrogens with zero attached hydrogens (tertiary/aromatic N) is 3. The first-order valence-electron chi connectivity index (χ1n) is 7.22. The first kappa shape index (κ1) is 13.5. The van der Waals surface area contributed by atoms with Gasteiger partial charge < -0.3 is 4.74 Å². The number of fused-ring (bicyclic) bond motifs is 1. The molecule has 112 valence electrons. The largest absolute Gasteiger partial charge is 0.497 e. The minimum absolute atomic E-state index is 0.121. The molecule has 0 N–H and O–H groups in total. The molecule has 0 amide bonds. The van der Waals surface area contributed by atoms with Gasteiger partial charge >= 0.3 is 0 Å². The highest BCUT2D eigenvalue weighted by Crippen LogP contribution is 2.40. The fourth-order valence-electron chi connectivity index (χ4n) is 2.53. The van der Waals surface area contributed by atoms with Gasteiger partial charge in [-0.1, -0.05) is 0 Å². The molecule has 4 rings (SSSR count). The van der Waals surface area contributed by atoms with Crippen LogP contribution in [0.2, 0.25) is 0 Å². The lowest BCUT2D eigenvalue weighted by Gasteiger charge is -2.09. The quantitative estimate of drug-likeness (QED) is 0.743. The minimum atomic E-state index is -0.121. The van der Waals surface area contributed by atoms with Crippen molar-refractivity contribution in [2.75, 3.05) is 7.11 Å². The van der Waals surface area contributed by atoms with Gasteiger partial charge in [-0.05, 0) is 25.0 Å². The smallest absolute Gasteiger partial charge is 0.269 e. The van der Waals surface area contributed by atoms with Crippen LogP contribution in [0.4, 0.5) is 0 Å². The molecule has 3 aromatic rings. The van der Waals surface area contributed by atoms with Gasteiger partial charge in [-0.2, -0.15) is 0 Å². The summed E-state index contributed by atoms with van der Waals surface area (Å²) in [5, 5.41) is 3.07. The molecule has 1 aromatic carbocycles. The highest BCUT2D eigenvalue weighted by atomic mass is 32.1. The molecule has 0 saturated heterocycles. The van der Waals surface area contributed by atoms with E-state index < -0.39 is 0 Å². The van der Waals surface area contributed by atoms with E-state index in [0.29, 0.717) is 18.2 Å². The van der Waals surface area contributed by atoms with Crippen molar-refractivity contribution in [3.63, 3.8) is 0 Å². The van der Waals surface area contributed by atoms with Gasteiger partial charge in [0.1, 0.15) is 10.8 Å². The van der Waals surface area contributed by atoms with Crippen LogP contribution >= 0.6 is 11.3 Å². The molecule has 1 fully saturated rings. The molecule has 0 aliphatic heterocycles. The van der Waals surface area contributed by atoms with E-state index in [0.717, 1.165) is 16.0 Å². The topological polar surface area (TPSA) is 57.0 Å². The Labute approximate surface area is 131 Å². The molecule has 0 spiro atoms. The number of hydrogen-bond donors (Lipinski definition) is 0. The normalized spacial score (nSPS) is 14.4. The molecule has 0 unspecified atom stereocenters. The van der Waals surface area contributed by atoms with Crippen molar-refractivity contribution in [2.24, 2.45) is 0 Å². The number of methoxy groups -OCH3 is 1. The summed E-state index contributed by atoms with van der Waals surface area (Å²) in [4.78, 5) is 21.1. The molecular weight excluding hydrogens is 298 g/mol. The summed E-state index contributed by atoms with van der Waals surface area (Å²) >= 11 is 1.62. The SMILES string of the molecule is COc1ccc2ncc(=O)n(Cc3nc(C4CC4)cs3)c2c1. The predicted molar refractivity (Wildman–Crippen MR) is 85.7 cm³/mol. The maximum Gasteiger partial charge on any atom is 0.269 e. The van der Waals surface area contributed by atoms with E-state index in [9.17, 15) is 4.79 Å². The second-order valence-electron chi connectivity index (χ2n) is 5.48. The molecular formula is C16H15N3O2S. The number of aromatic nitrogens is 3. The van der Waals surface area contributed by atoms with Gasteiger partial charge in [-0.3, -0.25) is 9.36 Å². The summed E-state index contributed by atoms with van der Waals surface area (Å²) in [7, 11) is 1.61. The van der Waals surface area contributed by atoms with E-state index in [-0.39, 0.29) is 5.56 Å². The lowest BCUT2D eigenvalue weighted by atomic mass is 10.2. The second-order valence-corrected chi connectivity index (χ2v) is 6.42. The van der Waals surface area contributed by atoms with Crippen LogP contribution in [0.15, 0.2) is 34.6 Å².